The Labute approximate surface area is 250 Å². The van der Waals surface area contributed by atoms with Crippen molar-refractivity contribution in [2.24, 2.45) is 0 Å². The first-order valence-electron chi connectivity index (χ1n) is 14.5. The molecule has 42 heavy (non-hydrogen) atoms. The average Bonchev–Trinajstić information content (AvgIpc) is 3.08. The Balaban J connectivity index is 0.000000966. The molecule has 0 fully saturated rings. The van der Waals surface area contributed by atoms with Crippen molar-refractivity contribution in [3.63, 3.8) is 0 Å². The number of amides is 1. The van der Waals surface area contributed by atoms with Crippen molar-refractivity contribution in [2.75, 3.05) is 12.4 Å². The van der Waals surface area contributed by atoms with E-state index in [4.69, 9.17) is 14.2 Å². The van der Waals surface area contributed by atoms with Gasteiger partial charge in [0.1, 0.15) is 18.1 Å². The number of methoxy groups -OCH3 is 1. The molecule has 0 aliphatic heterocycles. The van der Waals surface area contributed by atoms with Gasteiger partial charge in [0.25, 0.3) is 5.91 Å². The number of carbonyl (C=O) groups is 1. The van der Waals surface area contributed by atoms with Crippen LogP contribution in [0.3, 0.4) is 0 Å². The second-order valence-electron chi connectivity index (χ2n) is 8.05. The first-order valence-corrected chi connectivity index (χ1v) is 14.5. The Morgan fingerprint density at radius 3 is 1.95 bits per heavy atom. The van der Waals surface area contributed by atoms with E-state index in [1.165, 1.54) is 0 Å². The Hall–Kier alpha value is -4.84. The lowest BCUT2D eigenvalue weighted by Crippen LogP contribution is -2.11. The van der Waals surface area contributed by atoms with E-state index in [-0.39, 0.29) is 5.91 Å². The summed E-state index contributed by atoms with van der Waals surface area (Å²) in [4.78, 5) is 16.9. The van der Waals surface area contributed by atoms with Gasteiger partial charge in [-0.05, 0) is 54.1 Å². The molecule has 0 aliphatic carbocycles. The van der Waals surface area contributed by atoms with Gasteiger partial charge in [-0.15, -0.1) is 0 Å². The molecule has 4 aromatic carbocycles. The van der Waals surface area contributed by atoms with Crippen molar-refractivity contribution in [3.05, 3.63) is 120 Å². The molecule has 0 unspecified atom stereocenters. The number of ether oxygens (including phenoxy) is 3. The van der Waals surface area contributed by atoms with Crippen molar-refractivity contribution >= 4 is 22.5 Å². The van der Waals surface area contributed by atoms with Crippen molar-refractivity contribution in [1.29, 1.82) is 0 Å². The van der Waals surface area contributed by atoms with E-state index in [1.54, 1.807) is 55.8 Å². The first kappa shape index (κ1) is 33.4. The third-order valence-electron chi connectivity index (χ3n) is 5.60. The maximum atomic E-state index is 12.4. The van der Waals surface area contributed by atoms with Crippen LogP contribution in [0, 0.1) is 0 Å². The Bertz CT molecular complexity index is 1470. The highest BCUT2D eigenvalue weighted by Gasteiger charge is 2.13. The minimum Gasteiger partial charge on any atom is -0.493 e. The van der Waals surface area contributed by atoms with Crippen LogP contribution in [0.1, 0.15) is 57.5 Å². The largest absolute Gasteiger partial charge is 0.493 e. The molecule has 0 saturated carbocycles. The molecular formula is C36H42N2O4. The van der Waals surface area contributed by atoms with Crippen LogP contribution in [0.4, 0.5) is 5.69 Å². The molecule has 5 aromatic rings. The number of aromatic nitrogens is 1. The van der Waals surface area contributed by atoms with E-state index >= 15 is 0 Å². The van der Waals surface area contributed by atoms with Crippen LogP contribution in [0.25, 0.3) is 10.9 Å². The molecule has 0 aliphatic rings. The summed E-state index contributed by atoms with van der Waals surface area (Å²) in [7, 11) is 1.61. The lowest BCUT2D eigenvalue weighted by Gasteiger charge is -2.14. The maximum Gasteiger partial charge on any atom is 0.255 e. The van der Waals surface area contributed by atoms with Crippen LogP contribution < -0.4 is 19.5 Å². The molecule has 1 heterocycles. The lowest BCUT2D eigenvalue weighted by atomic mass is 10.1. The molecule has 1 N–H and O–H groups in total. The molecule has 6 heteroatoms. The van der Waals surface area contributed by atoms with Gasteiger partial charge in [-0.2, -0.15) is 0 Å². The zero-order chi connectivity index (χ0) is 30.7. The smallest absolute Gasteiger partial charge is 0.255 e. The number of carbonyl (C=O) groups excluding carboxylic acids is 1. The third-order valence-corrected chi connectivity index (χ3v) is 5.60. The Kier molecular flexibility index (Phi) is 14.7. The topological polar surface area (TPSA) is 69.7 Å². The molecule has 0 atom stereocenters. The minimum absolute atomic E-state index is 0.165. The summed E-state index contributed by atoms with van der Waals surface area (Å²) < 4.78 is 17.8. The van der Waals surface area contributed by atoms with Crippen molar-refractivity contribution in [2.45, 2.75) is 48.1 Å². The number of nitrogens with zero attached hydrogens (tertiary/aromatic N) is 1. The van der Waals surface area contributed by atoms with Gasteiger partial charge in [0.15, 0.2) is 11.5 Å². The molecule has 0 bridgehead atoms. The SMILES string of the molecule is CC.CC.CC.COc1cc2c(Oc3ccc(NC(=O)c4ccccc4)cc3)ccnc2cc1OCc1ccccc1. The van der Waals surface area contributed by atoms with Gasteiger partial charge in [0.2, 0.25) is 0 Å². The highest BCUT2D eigenvalue weighted by atomic mass is 16.5. The average molecular weight is 567 g/mol. The zero-order valence-electron chi connectivity index (χ0n) is 25.7. The summed E-state index contributed by atoms with van der Waals surface area (Å²) in [5.74, 6) is 2.30. The molecule has 0 radical (unpaired) electrons. The van der Waals surface area contributed by atoms with Crippen LogP contribution in [0.15, 0.2) is 109 Å². The summed E-state index contributed by atoms with van der Waals surface area (Å²) >= 11 is 0. The molecule has 1 amide bonds. The Morgan fingerprint density at radius 2 is 1.33 bits per heavy atom. The number of hydrogen-bond donors (Lipinski definition) is 1. The van der Waals surface area contributed by atoms with Crippen molar-refractivity contribution in [1.82, 2.24) is 4.98 Å². The summed E-state index contributed by atoms with van der Waals surface area (Å²) in [6.45, 7) is 12.4. The van der Waals surface area contributed by atoms with E-state index in [1.807, 2.05) is 102 Å². The van der Waals surface area contributed by atoms with Gasteiger partial charge in [0, 0.05) is 28.9 Å². The lowest BCUT2D eigenvalue weighted by molar-refractivity contribution is 0.102. The maximum absolute atomic E-state index is 12.4. The van der Waals surface area contributed by atoms with Gasteiger partial charge in [-0.3, -0.25) is 9.78 Å². The number of rotatable bonds is 8. The normalized spacial score (nSPS) is 9.50. The molecule has 5 rings (SSSR count). The third kappa shape index (κ3) is 9.37. The monoisotopic (exact) mass is 566 g/mol. The number of pyridine rings is 1. The highest BCUT2D eigenvalue weighted by Crippen LogP contribution is 2.37. The van der Waals surface area contributed by atoms with E-state index in [0.717, 1.165) is 16.5 Å². The van der Waals surface area contributed by atoms with Gasteiger partial charge in [0.05, 0.1) is 12.6 Å². The molecular weight excluding hydrogens is 524 g/mol. The predicted molar refractivity (Wildman–Crippen MR) is 174 cm³/mol. The summed E-state index contributed by atoms with van der Waals surface area (Å²) in [6.07, 6.45) is 1.69. The standard InChI is InChI=1S/C30H24N2O4.3C2H6/c1-34-28-18-25-26(19-29(28)35-20-21-8-4-2-5-9-21)31-17-16-27(25)36-24-14-12-23(13-15-24)32-30(33)22-10-6-3-7-11-22;3*1-2/h2-19H,20H2,1H3,(H,32,33);3*1-2H3. The number of hydrogen-bond acceptors (Lipinski definition) is 5. The van der Waals surface area contributed by atoms with Gasteiger partial charge in [-0.25, -0.2) is 0 Å². The van der Waals surface area contributed by atoms with E-state index in [9.17, 15) is 4.79 Å². The van der Waals surface area contributed by atoms with E-state index in [2.05, 4.69) is 10.3 Å². The Morgan fingerprint density at radius 1 is 0.714 bits per heavy atom. The zero-order valence-corrected chi connectivity index (χ0v) is 25.7. The van der Waals surface area contributed by atoms with Gasteiger partial charge < -0.3 is 19.5 Å². The predicted octanol–water partition coefficient (Wildman–Crippen LogP) is 9.95. The van der Waals surface area contributed by atoms with Crippen LogP contribution >= 0.6 is 0 Å². The second kappa shape index (κ2) is 18.5. The van der Waals surface area contributed by atoms with Crippen LogP contribution in [-0.2, 0) is 6.61 Å². The fourth-order valence-corrected chi connectivity index (χ4v) is 3.75. The fraction of sp³-hybridized carbons (Fsp3) is 0.222. The number of nitrogens with one attached hydrogen (secondary N) is 1. The molecule has 1 aromatic heterocycles. The highest BCUT2D eigenvalue weighted by molar-refractivity contribution is 6.04. The summed E-state index contributed by atoms with van der Waals surface area (Å²) in [6, 6.07) is 31.8. The van der Waals surface area contributed by atoms with Crippen molar-refractivity contribution < 1.29 is 19.0 Å². The minimum atomic E-state index is -0.165. The second-order valence-corrected chi connectivity index (χ2v) is 8.05. The number of anilines is 1. The van der Waals surface area contributed by atoms with Gasteiger partial charge in [-0.1, -0.05) is 90.1 Å². The van der Waals surface area contributed by atoms with E-state index in [0.29, 0.717) is 40.9 Å². The summed E-state index contributed by atoms with van der Waals surface area (Å²) in [5.41, 5.74) is 3.07. The molecule has 6 nitrogen and oxygen atoms in total. The quantitative estimate of drug-likeness (QED) is 0.202. The van der Waals surface area contributed by atoms with Crippen LogP contribution in [0.2, 0.25) is 0 Å². The first-order chi connectivity index (χ1) is 20.7. The molecule has 220 valence electrons. The van der Waals surface area contributed by atoms with Crippen LogP contribution in [0.5, 0.6) is 23.0 Å². The molecule has 0 spiro atoms. The van der Waals surface area contributed by atoms with Crippen LogP contribution in [-0.4, -0.2) is 18.0 Å². The van der Waals surface area contributed by atoms with E-state index < -0.39 is 0 Å². The van der Waals surface area contributed by atoms with Crippen molar-refractivity contribution in [3.8, 4) is 23.0 Å². The fourth-order valence-electron chi connectivity index (χ4n) is 3.75. The molecule has 0 saturated heterocycles. The number of fused-ring (bicyclic) bond motifs is 1. The summed E-state index contributed by atoms with van der Waals surface area (Å²) in [5, 5.41) is 3.68. The number of benzene rings is 4. The van der Waals surface area contributed by atoms with Gasteiger partial charge >= 0.3 is 0 Å².